The van der Waals surface area contributed by atoms with Gasteiger partial charge in [0.1, 0.15) is 0 Å². The van der Waals surface area contributed by atoms with Crippen LogP contribution in [0.25, 0.3) is 0 Å². The maximum absolute atomic E-state index is 11.3. The van der Waals surface area contributed by atoms with Crippen molar-refractivity contribution >= 4 is 5.91 Å². The van der Waals surface area contributed by atoms with E-state index in [9.17, 15) is 4.79 Å². The number of nitrogens with one attached hydrogen (secondary N) is 1. The van der Waals surface area contributed by atoms with Gasteiger partial charge in [0.05, 0.1) is 6.04 Å². The Morgan fingerprint density at radius 1 is 1.33 bits per heavy atom. The molecule has 0 aliphatic rings. The molecule has 0 rings (SSSR count). The Kier molecular flexibility index (Phi) is 4.90. The zero-order chi connectivity index (χ0) is 9.72. The molecule has 1 unspecified atom stereocenters. The van der Waals surface area contributed by atoms with Gasteiger partial charge in [-0.25, -0.2) is 0 Å². The first-order valence-electron chi connectivity index (χ1n) is 4.49. The number of nitrogens with two attached hydrogens (primary N) is 1. The summed E-state index contributed by atoms with van der Waals surface area (Å²) >= 11 is 0. The number of rotatable bonds is 4. The van der Waals surface area contributed by atoms with Gasteiger partial charge in [0.15, 0.2) is 0 Å². The van der Waals surface area contributed by atoms with E-state index in [4.69, 9.17) is 5.73 Å². The van der Waals surface area contributed by atoms with Gasteiger partial charge < -0.3 is 11.1 Å². The molecule has 1 amide bonds. The highest BCUT2D eigenvalue weighted by molar-refractivity contribution is 5.81. The molecule has 3 heteroatoms. The molecule has 0 spiro atoms. The second-order valence-electron chi connectivity index (χ2n) is 3.90. The maximum atomic E-state index is 11.3. The minimum Gasteiger partial charge on any atom is -0.353 e. The molecule has 3 nitrogen and oxygen atoms in total. The molecular weight excluding hydrogens is 152 g/mol. The Morgan fingerprint density at radius 2 is 1.83 bits per heavy atom. The summed E-state index contributed by atoms with van der Waals surface area (Å²) < 4.78 is 0. The first kappa shape index (κ1) is 11.4. The van der Waals surface area contributed by atoms with E-state index in [1.165, 1.54) is 0 Å². The third kappa shape index (κ3) is 5.13. The van der Waals surface area contributed by atoms with Gasteiger partial charge in [-0.05, 0) is 26.2 Å². The summed E-state index contributed by atoms with van der Waals surface area (Å²) in [6, 6.07) is -0.178. The number of carbonyl (C=O) groups is 1. The fourth-order valence-electron chi connectivity index (χ4n) is 1.01. The maximum Gasteiger partial charge on any atom is 0.237 e. The van der Waals surface area contributed by atoms with Crippen LogP contribution in [-0.4, -0.2) is 18.0 Å². The highest BCUT2D eigenvalue weighted by atomic mass is 16.2. The van der Waals surface area contributed by atoms with Gasteiger partial charge in [-0.15, -0.1) is 0 Å². The van der Waals surface area contributed by atoms with Gasteiger partial charge in [-0.3, -0.25) is 4.79 Å². The predicted octanol–water partition coefficient (Wildman–Crippen LogP) is 0.884. The molecule has 0 aromatic carbocycles. The summed E-state index contributed by atoms with van der Waals surface area (Å²) in [5.41, 5.74) is 5.65. The Hall–Kier alpha value is -0.570. The molecular formula is C9H20N2O. The highest BCUT2D eigenvalue weighted by Crippen LogP contribution is 2.02. The van der Waals surface area contributed by atoms with Crippen LogP contribution in [0.4, 0.5) is 0 Å². The topological polar surface area (TPSA) is 55.1 Å². The summed E-state index contributed by atoms with van der Waals surface area (Å²) in [5.74, 6) is 0.427. The molecule has 0 bridgehead atoms. The van der Waals surface area contributed by atoms with Crippen LogP contribution >= 0.6 is 0 Å². The Labute approximate surface area is 74.7 Å². The van der Waals surface area contributed by atoms with E-state index in [0.29, 0.717) is 5.92 Å². The van der Waals surface area contributed by atoms with Crippen LogP contribution in [-0.2, 0) is 4.79 Å². The summed E-state index contributed by atoms with van der Waals surface area (Å²) in [7, 11) is 0. The lowest BCUT2D eigenvalue weighted by molar-refractivity contribution is -0.123. The molecule has 0 aliphatic heterocycles. The van der Waals surface area contributed by atoms with Gasteiger partial charge in [-0.2, -0.15) is 0 Å². The number of amides is 1. The molecule has 72 valence electrons. The monoisotopic (exact) mass is 172 g/mol. The molecule has 1 atom stereocenters. The molecule has 0 aliphatic carbocycles. The van der Waals surface area contributed by atoms with Gasteiger partial charge in [-0.1, -0.05) is 13.8 Å². The number of carbonyl (C=O) groups excluding carboxylic acids is 1. The van der Waals surface area contributed by atoms with Gasteiger partial charge >= 0.3 is 0 Å². The average molecular weight is 172 g/mol. The molecule has 12 heavy (non-hydrogen) atoms. The Bertz CT molecular complexity index is 143. The van der Waals surface area contributed by atoms with Gasteiger partial charge in [0.2, 0.25) is 5.91 Å². The van der Waals surface area contributed by atoms with Crippen molar-refractivity contribution in [2.45, 2.75) is 46.2 Å². The second kappa shape index (κ2) is 5.14. The van der Waals surface area contributed by atoms with Crippen molar-refractivity contribution in [2.75, 3.05) is 0 Å². The molecule has 0 saturated heterocycles. The third-order valence-electron chi connectivity index (χ3n) is 1.49. The van der Waals surface area contributed by atoms with Crippen LogP contribution in [0.3, 0.4) is 0 Å². The van der Waals surface area contributed by atoms with Gasteiger partial charge in [0.25, 0.3) is 0 Å². The highest BCUT2D eigenvalue weighted by Gasteiger charge is 2.14. The molecule has 0 saturated carbocycles. The van der Waals surface area contributed by atoms with E-state index in [1.54, 1.807) is 0 Å². The van der Waals surface area contributed by atoms with Gasteiger partial charge in [0, 0.05) is 6.04 Å². The molecule has 0 radical (unpaired) electrons. The fourth-order valence-corrected chi connectivity index (χ4v) is 1.01. The van der Waals surface area contributed by atoms with Crippen LogP contribution in [0.5, 0.6) is 0 Å². The Morgan fingerprint density at radius 3 is 2.17 bits per heavy atom. The van der Waals surface area contributed by atoms with Crippen molar-refractivity contribution in [3.63, 3.8) is 0 Å². The smallest absolute Gasteiger partial charge is 0.237 e. The van der Waals surface area contributed by atoms with Crippen LogP contribution in [0.2, 0.25) is 0 Å². The summed E-state index contributed by atoms with van der Waals surface area (Å²) in [6.07, 6.45) is 0.749. The average Bonchev–Trinajstić information content (AvgIpc) is 1.84. The van der Waals surface area contributed by atoms with E-state index in [0.717, 1.165) is 6.42 Å². The van der Waals surface area contributed by atoms with E-state index >= 15 is 0 Å². The lowest BCUT2D eigenvalue weighted by atomic mass is 10.0. The third-order valence-corrected chi connectivity index (χ3v) is 1.49. The standard InChI is InChI=1S/C9H20N2O/c1-6(2)5-8(10)9(12)11-7(3)4/h6-8H,5,10H2,1-4H3,(H,11,12). The van der Waals surface area contributed by atoms with Crippen LogP contribution in [0.15, 0.2) is 0 Å². The van der Waals surface area contributed by atoms with E-state index < -0.39 is 0 Å². The van der Waals surface area contributed by atoms with Crippen molar-refractivity contribution in [1.82, 2.24) is 5.32 Å². The number of hydrogen-bond donors (Lipinski definition) is 2. The summed E-state index contributed by atoms with van der Waals surface area (Å²) in [6.45, 7) is 7.98. The van der Waals surface area contributed by atoms with Crippen LogP contribution in [0, 0.1) is 5.92 Å². The zero-order valence-corrected chi connectivity index (χ0v) is 8.42. The number of hydrogen-bond acceptors (Lipinski definition) is 2. The van der Waals surface area contributed by atoms with Crippen molar-refractivity contribution in [1.29, 1.82) is 0 Å². The first-order valence-corrected chi connectivity index (χ1v) is 4.49. The van der Waals surface area contributed by atoms with Crippen molar-refractivity contribution in [3.05, 3.63) is 0 Å². The summed E-state index contributed by atoms with van der Waals surface area (Å²) in [4.78, 5) is 11.3. The van der Waals surface area contributed by atoms with Crippen LogP contribution < -0.4 is 11.1 Å². The quantitative estimate of drug-likeness (QED) is 0.661. The lowest BCUT2D eigenvalue weighted by Gasteiger charge is -2.15. The van der Waals surface area contributed by atoms with E-state index in [2.05, 4.69) is 19.2 Å². The Balaban J connectivity index is 3.77. The normalized spacial score (nSPS) is 13.6. The first-order chi connectivity index (χ1) is 5.43. The van der Waals surface area contributed by atoms with Crippen LogP contribution in [0.1, 0.15) is 34.1 Å². The molecule has 0 fully saturated rings. The zero-order valence-electron chi connectivity index (χ0n) is 8.42. The van der Waals surface area contributed by atoms with Crippen molar-refractivity contribution in [3.8, 4) is 0 Å². The molecule has 0 aromatic rings. The van der Waals surface area contributed by atoms with E-state index in [1.807, 2.05) is 13.8 Å². The van der Waals surface area contributed by atoms with E-state index in [-0.39, 0.29) is 18.0 Å². The fraction of sp³-hybridized carbons (Fsp3) is 0.889. The SMILES string of the molecule is CC(C)CC(N)C(=O)NC(C)C. The second-order valence-corrected chi connectivity index (χ2v) is 3.90. The molecule has 0 aromatic heterocycles. The van der Waals surface area contributed by atoms with Crippen molar-refractivity contribution in [2.24, 2.45) is 11.7 Å². The minimum absolute atomic E-state index is 0.0429. The minimum atomic E-state index is -0.354. The largest absolute Gasteiger partial charge is 0.353 e. The van der Waals surface area contributed by atoms with Crippen molar-refractivity contribution < 1.29 is 4.79 Å². The molecule has 3 N–H and O–H groups in total. The summed E-state index contributed by atoms with van der Waals surface area (Å²) in [5, 5.41) is 2.78. The lowest BCUT2D eigenvalue weighted by Crippen LogP contribution is -2.44. The predicted molar refractivity (Wildman–Crippen MR) is 50.7 cm³/mol. The molecule has 0 heterocycles.